The van der Waals surface area contributed by atoms with Gasteiger partial charge in [0, 0.05) is 18.7 Å². The van der Waals surface area contributed by atoms with E-state index in [2.05, 4.69) is 30.7 Å². The van der Waals surface area contributed by atoms with Crippen LogP contribution in [0, 0.1) is 19.8 Å². The average molecular weight is 474 g/mol. The molecule has 1 saturated heterocycles. The molecular formula is C25H35N3O4S. The molecule has 33 heavy (non-hydrogen) atoms. The van der Waals surface area contributed by atoms with Crippen LogP contribution in [0.5, 0.6) is 11.5 Å². The number of hydrogen-bond donors (Lipinski definition) is 1. The summed E-state index contributed by atoms with van der Waals surface area (Å²) >= 11 is 1.49. The third-order valence-corrected chi connectivity index (χ3v) is 7.26. The Balaban J connectivity index is 1.41. The summed E-state index contributed by atoms with van der Waals surface area (Å²) < 4.78 is 19.6. The van der Waals surface area contributed by atoms with Crippen molar-refractivity contribution in [1.29, 1.82) is 0 Å². The Morgan fingerprint density at radius 1 is 1.18 bits per heavy atom. The Labute approximate surface area is 200 Å². The van der Waals surface area contributed by atoms with E-state index in [0.29, 0.717) is 19.0 Å². The van der Waals surface area contributed by atoms with Gasteiger partial charge in [-0.15, -0.1) is 0 Å². The molecule has 1 aromatic carbocycles. The van der Waals surface area contributed by atoms with E-state index in [-0.39, 0.29) is 24.0 Å². The summed E-state index contributed by atoms with van der Waals surface area (Å²) in [5, 5.41) is 4.10. The van der Waals surface area contributed by atoms with Crippen molar-refractivity contribution in [1.82, 2.24) is 14.9 Å². The zero-order valence-corrected chi connectivity index (χ0v) is 20.9. The third kappa shape index (κ3) is 5.84. The number of rotatable bonds is 8. The first-order valence-corrected chi connectivity index (χ1v) is 12.9. The number of amides is 1. The molecule has 4 rings (SSSR count). The normalized spacial score (nSPS) is 18.9. The predicted molar refractivity (Wildman–Crippen MR) is 129 cm³/mol. The Morgan fingerprint density at radius 3 is 2.70 bits per heavy atom. The van der Waals surface area contributed by atoms with Gasteiger partial charge >= 0.3 is 0 Å². The van der Waals surface area contributed by atoms with Crippen LogP contribution in [-0.2, 0) is 16.1 Å². The highest BCUT2D eigenvalue weighted by molar-refractivity contribution is 7.99. The second kappa shape index (κ2) is 10.8. The average Bonchev–Trinajstić information content (AvgIpc) is 3.31. The number of aryl methyl sites for hydroxylation is 1. The highest BCUT2D eigenvalue weighted by Crippen LogP contribution is 2.34. The number of ether oxygens (including phenoxy) is 3. The molecule has 8 heteroatoms. The summed E-state index contributed by atoms with van der Waals surface area (Å²) in [6.07, 6.45) is 3.29. The fourth-order valence-corrected chi connectivity index (χ4v) is 5.21. The molecule has 1 amide bonds. The van der Waals surface area contributed by atoms with Crippen molar-refractivity contribution in [3.63, 3.8) is 0 Å². The van der Waals surface area contributed by atoms with Crippen molar-refractivity contribution in [2.24, 2.45) is 5.92 Å². The molecule has 0 aliphatic carbocycles. The number of carbonyl (C=O) groups is 1. The van der Waals surface area contributed by atoms with Crippen LogP contribution in [-0.4, -0.2) is 47.1 Å². The molecule has 180 valence electrons. The second-order valence-electron chi connectivity index (χ2n) is 9.15. The van der Waals surface area contributed by atoms with E-state index in [1.54, 1.807) is 0 Å². The maximum Gasteiger partial charge on any atom is 0.230 e. The number of fused-ring (bicyclic) bond motifs is 1. The molecule has 1 fully saturated rings. The van der Waals surface area contributed by atoms with Crippen LogP contribution >= 0.6 is 11.8 Å². The standard InChI is InChI=1S/C25H35N3O4S/c1-16(2)24(19-8-9-21-22(13-19)32-12-6-11-31-21)27-23(29)15-33-25-26-17(3)18(4)28(25)14-20-7-5-10-30-20/h8-9,13,16,20,24H,5-7,10-12,14-15H2,1-4H3,(H,27,29)/t20-,24+/m1/s1. The number of carbonyl (C=O) groups excluding carboxylic acids is 1. The van der Waals surface area contributed by atoms with Crippen LogP contribution in [0.15, 0.2) is 23.4 Å². The maximum absolute atomic E-state index is 12.9. The number of benzene rings is 1. The van der Waals surface area contributed by atoms with Crippen molar-refractivity contribution in [3.8, 4) is 11.5 Å². The first-order valence-electron chi connectivity index (χ1n) is 11.9. The Bertz CT molecular complexity index is 969. The van der Waals surface area contributed by atoms with E-state index < -0.39 is 0 Å². The van der Waals surface area contributed by atoms with Gasteiger partial charge in [0.25, 0.3) is 0 Å². The predicted octanol–water partition coefficient (Wildman–Crippen LogP) is 4.45. The molecule has 0 bridgehead atoms. The zero-order chi connectivity index (χ0) is 23.4. The molecule has 0 unspecified atom stereocenters. The van der Waals surface area contributed by atoms with Gasteiger partial charge in [0.15, 0.2) is 16.7 Å². The summed E-state index contributed by atoms with van der Waals surface area (Å²) in [7, 11) is 0. The summed E-state index contributed by atoms with van der Waals surface area (Å²) in [5.41, 5.74) is 3.17. The summed E-state index contributed by atoms with van der Waals surface area (Å²) in [6, 6.07) is 5.86. The third-order valence-electron chi connectivity index (χ3n) is 6.28. The topological polar surface area (TPSA) is 74.6 Å². The van der Waals surface area contributed by atoms with Crippen LogP contribution in [0.1, 0.15) is 56.1 Å². The smallest absolute Gasteiger partial charge is 0.230 e. The first kappa shape index (κ1) is 24.0. The van der Waals surface area contributed by atoms with E-state index in [0.717, 1.165) is 66.0 Å². The summed E-state index contributed by atoms with van der Waals surface area (Å²) in [5.74, 6) is 2.06. The summed E-state index contributed by atoms with van der Waals surface area (Å²) in [6.45, 7) is 11.3. The van der Waals surface area contributed by atoms with Gasteiger partial charge in [0.1, 0.15) is 0 Å². The highest BCUT2D eigenvalue weighted by atomic mass is 32.2. The lowest BCUT2D eigenvalue weighted by Crippen LogP contribution is -2.33. The van der Waals surface area contributed by atoms with E-state index >= 15 is 0 Å². The molecule has 0 spiro atoms. The van der Waals surface area contributed by atoms with E-state index in [4.69, 9.17) is 19.2 Å². The highest BCUT2D eigenvalue weighted by Gasteiger charge is 2.23. The number of thioether (sulfide) groups is 1. The fraction of sp³-hybridized carbons (Fsp3) is 0.600. The van der Waals surface area contributed by atoms with Gasteiger partial charge in [0.2, 0.25) is 5.91 Å². The molecule has 2 aromatic rings. The Kier molecular flexibility index (Phi) is 7.86. The molecule has 1 N–H and O–H groups in total. The minimum atomic E-state index is -0.106. The van der Waals surface area contributed by atoms with Crippen LogP contribution in [0.25, 0.3) is 0 Å². The number of imidazole rings is 1. The Morgan fingerprint density at radius 2 is 1.97 bits per heavy atom. The lowest BCUT2D eigenvalue weighted by atomic mass is 9.95. The first-order chi connectivity index (χ1) is 15.9. The fourth-order valence-electron chi connectivity index (χ4n) is 4.29. The number of aromatic nitrogens is 2. The lowest BCUT2D eigenvalue weighted by Gasteiger charge is -2.24. The van der Waals surface area contributed by atoms with Gasteiger partial charge in [-0.25, -0.2) is 4.98 Å². The van der Waals surface area contributed by atoms with Crippen molar-refractivity contribution < 1.29 is 19.0 Å². The van der Waals surface area contributed by atoms with Crippen LogP contribution < -0.4 is 14.8 Å². The SMILES string of the molecule is Cc1nc(SCC(=O)N[C@H](c2ccc3c(c2)OCCCO3)C(C)C)n(C[C@H]2CCCO2)c1C. The van der Waals surface area contributed by atoms with Crippen LogP contribution in [0.2, 0.25) is 0 Å². The minimum absolute atomic E-state index is 0.00668. The van der Waals surface area contributed by atoms with E-state index in [1.807, 2.05) is 25.1 Å². The zero-order valence-electron chi connectivity index (χ0n) is 20.1. The van der Waals surface area contributed by atoms with Crippen LogP contribution in [0.4, 0.5) is 0 Å². The monoisotopic (exact) mass is 473 g/mol. The van der Waals surface area contributed by atoms with Crippen molar-refractivity contribution >= 4 is 17.7 Å². The van der Waals surface area contributed by atoms with E-state index in [9.17, 15) is 4.79 Å². The molecule has 7 nitrogen and oxygen atoms in total. The van der Waals surface area contributed by atoms with Crippen molar-refractivity contribution in [2.75, 3.05) is 25.6 Å². The molecule has 3 heterocycles. The quantitative estimate of drug-likeness (QED) is 0.571. The second-order valence-corrected chi connectivity index (χ2v) is 10.1. The van der Waals surface area contributed by atoms with Gasteiger partial charge in [0.05, 0.1) is 43.4 Å². The van der Waals surface area contributed by atoms with Crippen molar-refractivity contribution in [2.45, 2.75) is 70.8 Å². The van der Waals surface area contributed by atoms with Crippen molar-refractivity contribution in [3.05, 3.63) is 35.2 Å². The van der Waals surface area contributed by atoms with Gasteiger partial charge in [-0.05, 0) is 50.3 Å². The number of nitrogens with one attached hydrogen (secondary N) is 1. The molecule has 2 aliphatic heterocycles. The minimum Gasteiger partial charge on any atom is -0.490 e. The molecule has 2 aliphatic rings. The molecule has 0 saturated carbocycles. The number of hydrogen-bond acceptors (Lipinski definition) is 6. The number of nitrogens with zero attached hydrogens (tertiary/aromatic N) is 2. The lowest BCUT2D eigenvalue weighted by molar-refractivity contribution is -0.119. The van der Waals surface area contributed by atoms with Crippen LogP contribution in [0.3, 0.4) is 0 Å². The molecule has 2 atom stereocenters. The maximum atomic E-state index is 12.9. The molecular weight excluding hydrogens is 438 g/mol. The van der Waals surface area contributed by atoms with Gasteiger partial charge in [-0.2, -0.15) is 0 Å². The largest absolute Gasteiger partial charge is 0.490 e. The van der Waals surface area contributed by atoms with Gasteiger partial charge < -0.3 is 24.1 Å². The Hall–Kier alpha value is -2.19. The van der Waals surface area contributed by atoms with Gasteiger partial charge in [-0.1, -0.05) is 31.7 Å². The van der Waals surface area contributed by atoms with Gasteiger partial charge in [-0.3, -0.25) is 4.79 Å². The molecule has 1 aromatic heterocycles. The summed E-state index contributed by atoms with van der Waals surface area (Å²) in [4.78, 5) is 17.7. The molecule has 0 radical (unpaired) electrons. The van der Waals surface area contributed by atoms with E-state index in [1.165, 1.54) is 11.8 Å².